The highest BCUT2D eigenvalue weighted by Gasteiger charge is 2.25. The molecule has 31 heavy (non-hydrogen) atoms. The summed E-state index contributed by atoms with van der Waals surface area (Å²) in [7, 11) is 0. The Labute approximate surface area is 185 Å². The molecule has 7 heteroatoms. The number of carbonyl (C=O) groups excluding carboxylic acids is 3. The molecule has 0 aliphatic carbocycles. The summed E-state index contributed by atoms with van der Waals surface area (Å²) in [6.45, 7) is 12.1. The summed E-state index contributed by atoms with van der Waals surface area (Å²) in [5.41, 5.74) is 1.69. The van der Waals surface area contributed by atoms with Gasteiger partial charge in [-0.15, -0.1) is 0 Å². The molecule has 1 aromatic rings. The van der Waals surface area contributed by atoms with E-state index in [1.165, 1.54) is 6.08 Å². The number of alkyl carbamates (subject to hydrolysis) is 1. The molecule has 1 aromatic carbocycles. The number of nitrogens with one attached hydrogen (secondary N) is 2. The van der Waals surface area contributed by atoms with E-state index in [0.29, 0.717) is 13.1 Å². The van der Waals surface area contributed by atoms with Crippen LogP contribution < -0.4 is 10.6 Å². The molecule has 0 radical (unpaired) electrons. The van der Waals surface area contributed by atoms with E-state index in [1.807, 2.05) is 38.1 Å². The van der Waals surface area contributed by atoms with Crippen molar-refractivity contribution in [2.24, 2.45) is 5.92 Å². The highest BCUT2D eigenvalue weighted by atomic mass is 16.6. The molecule has 0 bridgehead atoms. The van der Waals surface area contributed by atoms with Gasteiger partial charge in [0.15, 0.2) is 0 Å². The first kappa shape index (κ1) is 24.4. The van der Waals surface area contributed by atoms with Crippen molar-refractivity contribution < 1.29 is 19.1 Å². The van der Waals surface area contributed by atoms with Crippen molar-refractivity contribution in [1.29, 1.82) is 0 Å². The molecule has 3 amide bonds. The fourth-order valence-electron chi connectivity index (χ4n) is 3.25. The SMILES string of the molecule is CCC(C)C(C=CC(=O)N1Cc2ccccc2C1)NC(=O)C(C)NC(=O)OC(C)(C)C. The smallest absolute Gasteiger partial charge is 0.408 e. The van der Waals surface area contributed by atoms with Crippen molar-refractivity contribution in [3.05, 3.63) is 47.5 Å². The third-order valence-electron chi connectivity index (χ3n) is 5.29. The summed E-state index contributed by atoms with van der Waals surface area (Å²) in [4.78, 5) is 39.0. The number of benzene rings is 1. The lowest BCUT2D eigenvalue weighted by atomic mass is 9.98. The molecule has 0 fully saturated rings. The fraction of sp³-hybridized carbons (Fsp3) is 0.542. The number of amides is 3. The molecule has 3 atom stereocenters. The molecule has 3 unspecified atom stereocenters. The van der Waals surface area contributed by atoms with Gasteiger partial charge in [-0.3, -0.25) is 9.59 Å². The van der Waals surface area contributed by atoms with Gasteiger partial charge in [0.05, 0.1) is 6.04 Å². The molecule has 0 saturated heterocycles. The number of fused-ring (bicyclic) bond motifs is 1. The maximum absolute atomic E-state index is 12.7. The van der Waals surface area contributed by atoms with Crippen LogP contribution in [0.15, 0.2) is 36.4 Å². The van der Waals surface area contributed by atoms with Crippen LogP contribution in [0.1, 0.15) is 59.1 Å². The number of carbonyl (C=O) groups is 3. The first-order chi connectivity index (χ1) is 14.5. The van der Waals surface area contributed by atoms with Gasteiger partial charge in [-0.2, -0.15) is 0 Å². The minimum absolute atomic E-state index is 0.0846. The summed E-state index contributed by atoms with van der Waals surface area (Å²) in [5.74, 6) is -0.294. The van der Waals surface area contributed by atoms with Crippen molar-refractivity contribution in [1.82, 2.24) is 15.5 Å². The van der Waals surface area contributed by atoms with Gasteiger partial charge in [-0.1, -0.05) is 50.6 Å². The largest absolute Gasteiger partial charge is 0.444 e. The van der Waals surface area contributed by atoms with Crippen molar-refractivity contribution in [2.45, 2.75) is 78.7 Å². The number of rotatable bonds is 7. The van der Waals surface area contributed by atoms with E-state index in [-0.39, 0.29) is 23.8 Å². The normalized spacial score (nSPS) is 16.4. The van der Waals surface area contributed by atoms with Crippen LogP contribution in [0.25, 0.3) is 0 Å². The van der Waals surface area contributed by atoms with Crippen molar-refractivity contribution in [3.8, 4) is 0 Å². The third-order valence-corrected chi connectivity index (χ3v) is 5.29. The number of ether oxygens (including phenoxy) is 1. The third kappa shape index (κ3) is 7.42. The molecule has 1 heterocycles. The minimum atomic E-state index is -0.765. The standard InChI is InChI=1S/C24H35N3O4/c1-7-16(2)20(26-22(29)17(3)25-23(30)31-24(4,5)6)12-13-21(28)27-14-18-10-8-9-11-19(18)15-27/h8-13,16-17,20H,7,14-15H2,1-6H3,(H,25,30)(H,26,29). The van der Waals surface area contributed by atoms with Crippen LogP contribution in [0, 0.1) is 5.92 Å². The monoisotopic (exact) mass is 429 g/mol. The number of nitrogens with zero attached hydrogens (tertiary/aromatic N) is 1. The molecule has 0 saturated carbocycles. The van der Waals surface area contributed by atoms with Gasteiger partial charge < -0.3 is 20.3 Å². The van der Waals surface area contributed by atoms with Crippen LogP contribution in [0.3, 0.4) is 0 Å². The van der Waals surface area contributed by atoms with E-state index in [1.54, 1.807) is 38.7 Å². The lowest BCUT2D eigenvalue weighted by Crippen LogP contribution is -2.50. The fourth-order valence-corrected chi connectivity index (χ4v) is 3.25. The minimum Gasteiger partial charge on any atom is -0.444 e. The summed E-state index contributed by atoms with van der Waals surface area (Å²) in [5, 5.41) is 5.48. The first-order valence-electron chi connectivity index (χ1n) is 10.8. The molecule has 1 aliphatic rings. The predicted molar refractivity (Wildman–Crippen MR) is 120 cm³/mol. The zero-order valence-corrected chi connectivity index (χ0v) is 19.4. The zero-order valence-electron chi connectivity index (χ0n) is 19.4. The van der Waals surface area contributed by atoms with Crippen molar-refractivity contribution >= 4 is 17.9 Å². The first-order valence-corrected chi connectivity index (χ1v) is 10.8. The quantitative estimate of drug-likeness (QED) is 0.649. The lowest BCUT2D eigenvalue weighted by Gasteiger charge is -2.25. The number of hydrogen-bond acceptors (Lipinski definition) is 4. The second kappa shape index (κ2) is 10.5. The molecular weight excluding hydrogens is 394 g/mol. The van der Waals surface area contributed by atoms with E-state index in [4.69, 9.17) is 4.74 Å². The summed E-state index contributed by atoms with van der Waals surface area (Å²) in [6, 6.07) is 6.93. The molecule has 1 aliphatic heterocycles. The Hall–Kier alpha value is -2.83. The molecular formula is C24H35N3O4. The van der Waals surface area contributed by atoms with E-state index in [0.717, 1.165) is 17.5 Å². The maximum Gasteiger partial charge on any atom is 0.408 e. The topological polar surface area (TPSA) is 87.7 Å². The van der Waals surface area contributed by atoms with Crippen LogP contribution in [0.5, 0.6) is 0 Å². The van der Waals surface area contributed by atoms with E-state index in [9.17, 15) is 14.4 Å². The molecule has 7 nitrogen and oxygen atoms in total. The Bertz CT molecular complexity index is 803. The Morgan fingerprint density at radius 3 is 2.19 bits per heavy atom. The van der Waals surface area contributed by atoms with E-state index >= 15 is 0 Å². The highest BCUT2D eigenvalue weighted by molar-refractivity contribution is 5.89. The van der Waals surface area contributed by atoms with Gasteiger partial charge in [0, 0.05) is 19.2 Å². The van der Waals surface area contributed by atoms with Crippen LogP contribution in [0.4, 0.5) is 4.79 Å². The van der Waals surface area contributed by atoms with Gasteiger partial charge in [-0.25, -0.2) is 4.79 Å². The maximum atomic E-state index is 12.7. The van der Waals surface area contributed by atoms with Crippen molar-refractivity contribution in [2.75, 3.05) is 0 Å². The average molecular weight is 430 g/mol. The Morgan fingerprint density at radius 2 is 1.68 bits per heavy atom. The summed E-state index contributed by atoms with van der Waals surface area (Å²) in [6.07, 6.45) is 3.47. The summed E-state index contributed by atoms with van der Waals surface area (Å²) < 4.78 is 5.20. The number of hydrogen-bond donors (Lipinski definition) is 2. The second-order valence-electron chi connectivity index (χ2n) is 9.11. The lowest BCUT2D eigenvalue weighted by molar-refractivity contribution is -0.127. The average Bonchev–Trinajstić information content (AvgIpc) is 3.12. The molecule has 2 N–H and O–H groups in total. The molecule has 2 rings (SSSR count). The Balaban J connectivity index is 1.96. The molecule has 0 spiro atoms. The van der Waals surface area contributed by atoms with Crippen LogP contribution >= 0.6 is 0 Å². The molecule has 0 aromatic heterocycles. The highest BCUT2D eigenvalue weighted by Crippen LogP contribution is 2.22. The summed E-state index contributed by atoms with van der Waals surface area (Å²) >= 11 is 0. The Morgan fingerprint density at radius 1 is 1.10 bits per heavy atom. The Kier molecular flexibility index (Phi) is 8.25. The predicted octanol–water partition coefficient (Wildman–Crippen LogP) is 3.53. The van der Waals surface area contributed by atoms with Crippen LogP contribution in [-0.4, -0.2) is 40.5 Å². The van der Waals surface area contributed by atoms with E-state index < -0.39 is 17.7 Å². The van der Waals surface area contributed by atoms with Gasteiger partial charge in [-0.05, 0) is 44.7 Å². The molecule has 170 valence electrons. The zero-order chi connectivity index (χ0) is 23.2. The van der Waals surface area contributed by atoms with Crippen molar-refractivity contribution in [3.63, 3.8) is 0 Å². The van der Waals surface area contributed by atoms with Gasteiger partial charge in [0.25, 0.3) is 0 Å². The van der Waals surface area contributed by atoms with Crippen LogP contribution in [0.2, 0.25) is 0 Å². The van der Waals surface area contributed by atoms with Gasteiger partial charge in [0.1, 0.15) is 11.6 Å². The van der Waals surface area contributed by atoms with Gasteiger partial charge in [0.2, 0.25) is 11.8 Å². The van der Waals surface area contributed by atoms with Gasteiger partial charge >= 0.3 is 6.09 Å². The van der Waals surface area contributed by atoms with E-state index in [2.05, 4.69) is 10.6 Å². The second-order valence-corrected chi connectivity index (χ2v) is 9.11. The van der Waals surface area contributed by atoms with Crippen LogP contribution in [-0.2, 0) is 27.4 Å².